The Labute approximate surface area is 217 Å². The van der Waals surface area contributed by atoms with Gasteiger partial charge in [-0.25, -0.2) is 0 Å². The van der Waals surface area contributed by atoms with Gasteiger partial charge in [-0.2, -0.15) is 0 Å². The molecule has 3 aromatic carbocycles. The molecule has 0 radical (unpaired) electrons. The number of para-hydroxylation sites is 1. The maximum absolute atomic E-state index is 6.46. The number of alkyl halides is 1. The third kappa shape index (κ3) is 6.51. The van der Waals surface area contributed by atoms with Crippen LogP contribution < -0.4 is 2.69 Å². The molecule has 0 aromatic heterocycles. The van der Waals surface area contributed by atoms with E-state index in [2.05, 4.69) is 39.0 Å². The van der Waals surface area contributed by atoms with Crippen LogP contribution in [0.5, 0.6) is 5.75 Å². The van der Waals surface area contributed by atoms with Crippen LogP contribution in [-0.4, -0.2) is 39.4 Å². The molecule has 0 saturated carbocycles. The van der Waals surface area contributed by atoms with Crippen LogP contribution in [0.1, 0.15) is 41.7 Å². The number of aliphatic imine (C=N–C) groups is 1. The minimum atomic E-state index is -3.32. The summed E-state index contributed by atoms with van der Waals surface area (Å²) in [6, 6.07) is 22.4. The van der Waals surface area contributed by atoms with Crippen LogP contribution in [0.2, 0.25) is 0 Å². The van der Waals surface area contributed by atoms with Crippen molar-refractivity contribution in [2.24, 2.45) is 4.99 Å². The van der Waals surface area contributed by atoms with Gasteiger partial charge < -0.3 is 0 Å². The first-order chi connectivity index (χ1) is 15.8. The zero-order valence-corrected chi connectivity index (χ0v) is 26.0. The van der Waals surface area contributed by atoms with Gasteiger partial charge in [-0.05, 0) is 0 Å². The van der Waals surface area contributed by atoms with E-state index in [1.807, 2.05) is 48.5 Å². The van der Waals surface area contributed by atoms with Gasteiger partial charge in [0.25, 0.3) is 0 Å². The van der Waals surface area contributed by atoms with Crippen molar-refractivity contribution in [2.45, 2.75) is 32.8 Å². The molecule has 0 spiro atoms. The molecule has 0 heterocycles. The van der Waals surface area contributed by atoms with E-state index in [1.165, 1.54) is 5.56 Å². The van der Waals surface area contributed by atoms with E-state index in [4.69, 9.17) is 40.6 Å². The van der Waals surface area contributed by atoms with Crippen molar-refractivity contribution in [3.63, 3.8) is 0 Å². The van der Waals surface area contributed by atoms with Crippen LogP contribution >= 0.6 is 28.2 Å². The summed E-state index contributed by atoms with van der Waals surface area (Å²) in [7, 11) is 14.4. The second-order valence-electron chi connectivity index (χ2n) is 8.31. The molecule has 0 saturated heterocycles. The molecule has 0 N–H and O–H groups in total. The Morgan fingerprint density at radius 1 is 1.00 bits per heavy atom. The predicted octanol–water partition coefficient (Wildman–Crippen LogP) is 7.67. The Kier molecular flexibility index (Phi) is 9.65. The van der Waals surface area contributed by atoms with Crippen LogP contribution in [-0.2, 0) is 16.8 Å². The van der Waals surface area contributed by atoms with Crippen LogP contribution in [0.15, 0.2) is 71.7 Å². The monoisotopic (exact) mass is 695 g/mol. The van der Waals surface area contributed by atoms with Gasteiger partial charge in [0.1, 0.15) is 0 Å². The average Bonchev–Trinajstić information content (AvgIpc) is 2.80. The second-order valence-corrected chi connectivity index (χ2v) is 20.4. The van der Waals surface area contributed by atoms with Crippen molar-refractivity contribution >= 4 is 60.3 Å². The van der Waals surface area contributed by atoms with Gasteiger partial charge in [-0.1, -0.05) is 0 Å². The molecular weight excluding hydrogens is 669 g/mol. The third-order valence-corrected chi connectivity index (χ3v) is 9.02. The number of benzene rings is 3. The fraction of sp³-hybridized carbons (Fsp3) is 0.269. The summed E-state index contributed by atoms with van der Waals surface area (Å²) in [5, 5.41) is 0. The van der Waals surface area contributed by atoms with E-state index < -0.39 is 20.7 Å². The third-order valence-electron chi connectivity index (χ3n) is 5.59. The minimum absolute atomic E-state index is 0.207. The molecule has 3 nitrogen and oxygen atoms in total. The average molecular weight is 696 g/mol. The molecular formula is C26H27Cl3NO2Tl. The Hall–Kier alpha value is -1.12. The van der Waals surface area contributed by atoms with Crippen molar-refractivity contribution in [3.05, 3.63) is 94.5 Å². The topological polar surface area (TPSA) is 30.8 Å². The zero-order valence-electron chi connectivity index (χ0n) is 19.2. The predicted molar refractivity (Wildman–Crippen MR) is 142 cm³/mol. The quantitative estimate of drug-likeness (QED) is 0.131. The van der Waals surface area contributed by atoms with Gasteiger partial charge in [-0.15, -0.1) is 0 Å². The van der Waals surface area contributed by atoms with Crippen LogP contribution in [0.4, 0.5) is 5.69 Å². The molecule has 0 atom stereocenters. The number of ether oxygens (including phenoxy) is 1. The van der Waals surface area contributed by atoms with Gasteiger partial charge in [0, 0.05) is 0 Å². The van der Waals surface area contributed by atoms with Crippen molar-refractivity contribution < 1.29 is 7.42 Å². The molecule has 0 aliphatic carbocycles. The van der Waals surface area contributed by atoms with E-state index in [9.17, 15) is 0 Å². The summed E-state index contributed by atoms with van der Waals surface area (Å²) in [5.41, 5.74) is 6.22. The van der Waals surface area contributed by atoms with Crippen molar-refractivity contribution in [2.75, 3.05) is 13.0 Å². The molecule has 0 unspecified atom stereocenters. The Morgan fingerprint density at radius 3 is 2.30 bits per heavy atom. The van der Waals surface area contributed by atoms with Gasteiger partial charge in [0.2, 0.25) is 0 Å². The van der Waals surface area contributed by atoms with E-state index >= 15 is 0 Å². The van der Waals surface area contributed by atoms with E-state index in [1.54, 1.807) is 7.11 Å². The molecule has 0 aliphatic heterocycles. The van der Waals surface area contributed by atoms with Gasteiger partial charge >= 0.3 is 219 Å². The first-order valence-corrected chi connectivity index (χ1v) is 24.1. The first kappa shape index (κ1) is 26.5. The van der Waals surface area contributed by atoms with Crippen molar-refractivity contribution in [3.8, 4) is 5.75 Å². The summed E-state index contributed by atoms with van der Waals surface area (Å²) in [6.45, 7) is 6.87. The van der Waals surface area contributed by atoms with Gasteiger partial charge in [0.15, 0.2) is 0 Å². The normalized spacial score (nSPS) is 12.0. The van der Waals surface area contributed by atoms with E-state index in [0.717, 1.165) is 27.9 Å². The summed E-state index contributed by atoms with van der Waals surface area (Å²) < 4.78 is 11.6. The van der Waals surface area contributed by atoms with Gasteiger partial charge in [-0.3, -0.25) is 0 Å². The summed E-state index contributed by atoms with van der Waals surface area (Å²) in [5.74, 6) is 0.882. The van der Waals surface area contributed by atoms with Gasteiger partial charge in [0.05, 0.1) is 0 Å². The fourth-order valence-electron chi connectivity index (χ4n) is 3.88. The number of hydrogen-bond donors (Lipinski definition) is 0. The Morgan fingerprint density at radius 2 is 1.67 bits per heavy atom. The number of halogens is 3. The van der Waals surface area contributed by atoms with E-state index in [-0.39, 0.29) is 11.3 Å². The standard InChI is InChI=1S/C26H28ClNO2.2ClH.Tl/c1-18-14-21(24(16-27)28-23-13-9-8-10-19(23)17-30-4)25(29)22(15-18)26(2,3)20-11-6-5-7-12-20;;;/h5-15,29H,16-17H2,1-4H3;2*1H;/q;;;+3/p-3. The number of aryl methyl sites for hydroxylation is 1. The number of hydrogen-bond acceptors (Lipinski definition) is 3. The summed E-state index contributed by atoms with van der Waals surface area (Å²) >= 11 is 3.14. The van der Waals surface area contributed by atoms with Crippen molar-refractivity contribution in [1.29, 1.82) is 0 Å². The molecule has 172 valence electrons. The second kappa shape index (κ2) is 12.0. The summed E-state index contributed by atoms with van der Waals surface area (Å²) in [4.78, 5) is 4.93. The molecule has 3 rings (SSSR count). The van der Waals surface area contributed by atoms with Crippen LogP contribution in [0.25, 0.3) is 0 Å². The SMILES string of the molecule is COCc1ccccc1N=C(CCl)c1cc(C)cc(C(C)(C)c2ccccc2)c1[O][Tl]([Cl])[Cl]. The molecule has 33 heavy (non-hydrogen) atoms. The Balaban J connectivity index is 2.25. The summed E-state index contributed by atoms with van der Waals surface area (Å²) in [6.07, 6.45) is 0. The molecule has 0 fully saturated rings. The Bertz CT molecular complexity index is 1120. The van der Waals surface area contributed by atoms with E-state index in [0.29, 0.717) is 18.1 Å². The maximum atomic E-state index is 6.46. The molecule has 0 bridgehead atoms. The molecule has 3 aromatic rings. The fourth-order valence-corrected chi connectivity index (χ4v) is 7.33. The van der Waals surface area contributed by atoms with Crippen molar-refractivity contribution in [1.82, 2.24) is 0 Å². The molecule has 0 aliphatic rings. The molecule has 7 heteroatoms. The number of rotatable bonds is 9. The zero-order chi connectivity index (χ0) is 24.0. The van der Waals surface area contributed by atoms with Crippen LogP contribution in [0.3, 0.4) is 0 Å². The number of nitrogens with zero attached hydrogens (tertiary/aromatic N) is 1. The first-order valence-electron chi connectivity index (χ1n) is 10.6. The van der Waals surface area contributed by atoms with Crippen LogP contribution in [0, 0.1) is 6.92 Å². The number of methoxy groups -OCH3 is 1. The molecule has 0 amide bonds.